The molecule has 0 saturated carbocycles. The average molecular weight is 482 g/mol. The van der Waals surface area contributed by atoms with Crippen molar-refractivity contribution in [2.45, 2.75) is 45.3 Å². The highest BCUT2D eigenvalue weighted by Gasteiger charge is 2.31. The summed E-state index contributed by atoms with van der Waals surface area (Å²) in [4.78, 5) is 45.6. The van der Waals surface area contributed by atoms with Gasteiger partial charge in [-0.15, -0.1) is 0 Å². The van der Waals surface area contributed by atoms with Crippen LogP contribution in [0.4, 0.5) is 10.5 Å². The summed E-state index contributed by atoms with van der Waals surface area (Å²) in [6.45, 7) is 2.58. The van der Waals surface area contributed by atoms with Gasteiger partial charge in [0, 0.05) is 50.4 Å². The van der Waals surface area contributed by atoms with Crippen LogP contribution in [0.15, 0.2) is 41.3 Å². The number of aromatic nitrogens is 3. The standard InChI is InChI=1S/C25H31N5O5/c1-17-7-8-18-19(30(17)25(34)35-3)9-10-20-24(18)26-21(11-13-28-12-5-4-6-22(28)32)29(20)16-23(33)27(2)14-15-31/h4-6,9-10,12,17,31H,7-8,11,13-16H2,1-3H3/t17-/m0/s1. The van der Waals surface area contributed by atoms with Crippen LogP contribution in [-0.2, 0) is 35.5 Å². The molecule has 0 aliphatic carbocycles. The van der Waals surface area contributed by atoms with E-state index in [1.54, 1.807) is 34.8 Å². The van der Waals surface area contributed by atoms with E-state index in [1.807, 2.05) is 23.6 Å². The molecule has 4 rings (SSSR count). The van der Waals surface area contributed by atoms with Crippen molar-refractivity contribution in [3.63, 3.8) is 0 Å². The first-order valence-electron chi connectivity index (χ1n) is 11.7. The number of amides is 2. The van der Waals surface area contributed by atoms with Crippen molar-refractivity contribution in [2.75, 3.05) is 32.2 Å². The second kappa shape index (κ2) is 10.3. The van der Waals surface area contributed by atoms with E-state index in [2.05, 4.69) is 0 Å². The number of fused-ring (bicyclic) bond motifs is 3. The molecule has 0 unspecified atom stereocenters. The SMILES string of the molecule is COC(=O)N1c2ccc3c(nc(CCn4ccccc4=O)n3CC(=O)N(C)CCO)c2CC[C@@H]1C. The lowest BCUT2D eigenvalue weighted by molar-refractivity contribution is -0.130. The molecular weight excluding hydrogens is 450 g/mol. The molecule has 186 valence electrons. The molecule has 0 radical (unpaired) electrons. The van der Waals surface area contributed by atoms with Crippen LogP contribution in [-0.4, -0.2) is 69.5 Å². The number of hydrogen-bond acceptors (Lipinski definition) is 6. The molecule has 10 heteroatoms. The van der Waals surface area contributed by atoms with Crippen molar-refractivity contribution in [3.05, 3.63) is 58.3 Å². The van der Waals surface area contributed by atoms with Gasteiger partial charge in [-0.2, -0.15) is 0 Å². The van der Waals surface area contributed by atoms with Crippen LogP contribution in [0, 0.1) is 0 Å². The van der Waals surface area contributed by atoms with Crippen LogP contribution in [0.1, 0.15) is 24.7 Å². The Kier molecular flexibility index (Phi) is 7.20. The molecule has 1 aromatic carbocycles. The molecule has 35 heavy (non-hydrogen) atoms. The number of ether oxygens (including phenoxy) is 1. The molecule has 0 spiro atoms. The predicted octanol–water partition coefficient (Wildman–Crippen LogP) is 1.80. The lowest BCUT2D eigenvalue weighted by Crippen LogP contribution is -2.42. The van der Waals surface area contributed by atoms with E-state index in [-0.39, 0.29) is 37.2 Å². The van der Waals surface area contributed by atoms with Gasteiger partial charge in [-0.25, -0.2) is 9.78 Å². The number of anilines is 1. The Bertz CT molecular complexity index is 1300. The van der Waals surface area contributed by atoms with Gasteiger partial charge in [0.05, 0.1) is 30.4 Å². The maximum absolute atomic E-state index is 12.9. The fraction of sp³-hybridized carbons (Fsp3) is 0.440. The molecule has 0 bridgehead atoms. The van der Waals surface area contributed by atoms with Crippen LogP contribution < -0.4 is 10.5 Å². The zero-order valence-corrected chi connectivity index (χ0v) is 20.3. The molecule has 3 heterocycles. The zero-order valence-electron chi connectivity index (χ0n) is 20.3. The summed E-state index contributed by atoms with van der Waals surface area (Å²) in [7, 11) is 3.02. The topological polar surface area (TPSA) is 110 Å². The fourth-order valence-electron chi connectivity index (χ4n) is 4.62. The first kappa shape index (κ1) is 24.5. The Labute approximate surface area is 203 Å². The summed E-state index contributed by atoms with van der Waals surface area (Å²) in [5.74, 6) is 0.525. The second-order valence-electron chi connectivity index (χ2n) is 8.79. The quantitative estimate of drug-likeness (QED) is 0.551. The lowest BCUT2D eigenvalue weighted by Gasteiger charge is -2.34. The van der Waals surface area contributed by atoms with Crippen LogP contribution in [0.3, 0.4) is 0 Å². The van der Waals surface area contributed by atoms with E-state index in [4.69, 9.17) is 9.72 Å². The number of imidazole rings is 1. The molecule has 0 saturated heterocycles. The summed E-state index contributed by atoms with van der Waals surface area (Å²) in [6.07, 6.45) is 3.27. The van der Waals surface area contributed by atoms with Gasteiger partial charge in [0.2, 0.25) is 5.91 Å². The summed E-state index contributed by atoms with van der Waals surface area (Å²) in [5.41, 5.74) is 3.15. The minimum Gasteiger partial charge on any atom is -0.452 e. The number of hydrogen-bond donors (Lipinski definition) is 1. The number of methoxy groups -OCH3 is 1. The molecule has 2 aromatic heterocycles. The smallest absolute Gasteiger partial charge is 0.414 e. The Hall–Kier alpha value is -3.66. The second-order valence-corrected chi connectivity index (χ2v) is 8.79. The number of carbonyl (C=O) groups is 2. The van der Waals surface area contributed by atoms with E-state index >= 15 is 0 Å². The van der Waals surface area contributed by atoms with Crippen LogP contribution in [0.25, 0.3) is 11.0 Å². The van der Waals surface area contributed by atoms with Crippen LogP contribution >= 0.6 is 0 Å². The van der Waals surface area contributed by atoms with Crippen molar-refractivity contribution in [3.8, 4) is 0 Å². The number of aryl methyl sites for hydroxylation is 3. The largest absolute Gasteiger partial charge is 0.452 e. The van der Waals surface area contributed by atoms with Crippen LogP contribution in [0.5, 0.6) is 0 Å². The number of aliphatic hydroxyl groups is 1. The number of aliphatic hydroxyl groups excluding tert-OH is 1. The molecular formula is C25H31N5O5. The monoisotopic (exact) mass is 481 g/mol. The summed E-state index contributed by atoms with van der Waals surface area (Å²) in [6, 6.07) is 8.77. The number of likely N-dealkylation sites (N-methyl/N-ethyl adjacent to an activating group) is 1. The summed E-state index contributed by atoms with van der Waals surface area (Å²) in [5, 5.41) is 9.23. The van der Waals surface area contributed by atoms with Gasteiger partial charge in [0.1, 0.15) is 12.4 Å². The number of pyridine rings is 1. The number of carbonyl (C=O) groups excluding carboxylic acids is 2. The molecule has 1 aliphatic heterocycles. The predicted molar refractivity (Wildman–Crippen MR) is 132 cm³/mol. The number of nitrogens with zero attached hydrogens (tertiary/aromatic N) is 5. The first-order valence-corrected chi connectivity index (χ1v) is 11.7. The summed E-state index contributed by atoms with van der Waals surface area (Å²) >= 11 is 0. The highest BCUT2D eigenvalue weighted by molar-refractivity contribution is 5.95. The van der Waals surface area contributed by atoms with Gasteiger partial charge in [0.25, 0.3) is 5.56 Å². The highest BCUT2D eigenvalue weighted by atomic mass is 16.5. The van der Waals surface area contributed by atoms with Gasteiger partial charge in [0.15, 0.2) is 0 Å². The van der Waals surface area contributed by atoms with Gasteiger partial charge in [-0.3, -0.25) is 14.5 Å². The van der Waals surface area contributed by atoms with Crippen molar-refractivity contribution in [1.82, 2.24) is 19.0 Å². The normalized spacial score (nSPS) is 15.2. The minimum atomic E-state index is -0.415. The van der Waals surface area contributed by atoms with Crippen molar-refractivity contribution in [1.29, 1.82) is 0 Å². The van der Waals surface area contributed by atoms with Gasteiger partial charge < -0.3 is 23.9 Å². The molecule has 0 fully saturated rings. The van der Waals surface area contributed by atoms with Gasteiger partial charge in [-0.1, -0.05) is 6.07 Å². The minimum absolute atomic E-state index is 0.00683. The van der Waals surface area contributed by atoms with Gasteiger partial charge >= 0.3 is 6.09 Å². The number of rotatable bonds is 7. The summed E-state index contributed by atoms with van der Waals surface area (Å²) < 4.78 is 8.50. The Morgan fingerprint density at radius 3 is 2.77 bits per heavy atom. The molecule has 1 atom stereocenters. The van der Waals surface area contributed by atoms with Crippen molar-refractivity contribution >= 4 is 28.7 Å². The van der Waals surface area contributed by atoms with Crippen LogP contribution in [0.2, 0.25) is 0 Å². The maximum atomic E-state index is 12.9. The van der Waals surface area contributed by atoms with Gasteiger partial charge in [-0.05, 0) is 38.0 Å². The average Bonchev–Trinajstić information content (AvgIpc) is 3.20. The lowest BCUT2D eigenvalue weighted by atomic mass is 9.96. The third kappa shape index (κ3) is 4.79. The molecule has 1 aliphatic rings. The number of benzene rings is 1. The van der Waals surface area contributed by atoms with E-state index < -0.39 is 6.09 Å². The molecule has 2 amide bonds. The molecule has 1 N–H and O–H groups in total. The van der Waals surface area contributed by atoms with E-state index in [0.717, 1.165) is 35.1 Å². The molecule has 10 nitrogen and oxygen atoms in total. The Morgan fingerprint density at radius 2 is 2.06 bits per heavy atom. The van der Waals surface area contributed by atoms with E-state index in [0.29, 0.717) is 18.8 Å². The van der Waals surface area contributed by atoms with E-state index in [9.17, 15) is 19.5 Å². The Morgan fingerprint density at radius 1 is 1.26 bits per heavy atom. The zero-order chi connectivity index (χ0) is 25.1. The highest BCUT2D eigenvalue weighted by Crippen LogP contribution is 2.36. The fourth-order valence-corrected chi connectivity index (χ4v) is 4.62. The maximum Gasteiger partial charge on any atom is 0.414 e. The van der Waals surface area contributed by atoms with E-state index in [1.165, 1.54) is 18.1 Å². The van der Waals surface area contributed by atoms with Crippen molar-refractivity contribution in [2.24, 2.45) is 0 Å². The van der Waals surface area contributed by atoms with Crippen molar-refractivity contribution < 1.29 is 19.4 Å². The Balaban J connectivity index is 1.78. The third-order valence-corrected chi connectivity index (χ3v) is 6.59. The third-order valence-electron chi connectivity index (χ3n) is 6.59. The first-order chi connectivity index (χ1) is 16.8. The molecule has 3 aromatic rings.